The maximum absolute atomic E-state index is 10.9. The molecule has 3 N–H and O–H groups in total. The van der Waals surface area contributed by atoms with Gasteiger partial charge in [-0.2, -0.15) is 0 Å². The molecule has 1 amide bonds. The molecule has 110 valence electrons. The molecule has 0 bridgehead atoms. The summed E-state index contributed by atoms with van der Waals surface area (Å²) in [7, 11) is 0. The molecule has 0 aliphatic heterocycles. The Kier molecular flexibility index (Phi) is 4.99. The van der Waals surface area contributed by atoms with Gasteiger partial charge in [0.2, 0.25) is 5.91 Å². The summed E-state index contributed by atoms with van der Waals surface area (Å²) in [4.78, 5) is 10.9. The number of amides is 1. The van der Waals surface area contributed by atoms with Crippen LogP contribution in [-0.2, 0) is 11.2 Å². The number of anilines is 1. The number of rotatable bonds is 6. The van der Waals surface area contributed by atoms with Crippen molar-refractivity contribution in [2.75, 3.05) is 5.32 Å². The second kappa shape index (κ2) is 6.93. The zero-order chi connectivity index (χ0) is 15.2. The Bertz CT molecular complexity index is 576. The third kappa shape index (κ3) is 4.35. The van der Waals surface area contributed by atoms with Gasteiger partial charge in [0.1, 0.15) is 0 Å². The molecule has 1 unspecified atom stereocenters. The predicted octanol–water partition coefficient (Wildman–Crippen LogP) is 3.52. The molecule has 2 aromatic rings. The molecular weight excluding hydrogens is 260 g/mol. The molecule has 3 heteroatoms. The first-order chi connectivity index (χ1) is 10.1. The summed E-state index contributed by atoms with van der Waals surface area (Å²) in [6, 6.07) is 18.5. The molecule has 2 rings (SSSR count). The lowest BCUT2D eigenvalue weighted by Crippen LogP contribution is -2.17. The molecule has 0 aromatic heterocycles. The highest BCUT2D eigenvalue weighted by Gasteiger charge is 2.15. The van der Waals surface area contributed by atoms with E-state index in [1.807, 2.05) is 30.3 Å². The van der Waals surface area contributed by atoms with Gasteiger partial charge in [-0.25, -0.2) is 0 Å². The van der Waals surface area contributed by atoms with Crippen LogP contribution in [0.2, 0.25) is 0 Å². The van der Waals surface area contributed by atoms with E-state index in [0.29, 0.717) is 5.92 Å². The summed E-state index contributed by atoms with van der Waals surface area (Å²) in [5, 5.41) is 3.56. The van der Waals surface area contributed by atoms with Gasteiger partial charge >= 0.3 is 0 Å². The maximum Gasteiger partial charge on any atom is 0.221 e. The number of primary amides is 1. The van der Waals surface area contributed by atoms with Crippen molar-refractivity contribution in [3.8, 4) is 0 Å². The summed E-state index contributed by atoms with van der Waals surface area (Å²) in [6.45, 7) is 4.40. The highest BCUT2D eigenvalue weighted by atomic mass is 16.1. The van der Waals surface area contributed by atoms with Crippen molar-refractivity contribution >= 4 is 11.6 Å². The Labute approximate surface area is 126 Å². The zero-order valence-electron chi connectivity index (χ0n) is 12.5. The molecule has 3 nitrogen and oxygen atoms in total. The lowest BCUT2D eigenvalue weighted by molar-refractivity contribution is -0.117. The number of nitrogens with two attached hydrogens (primary N) is 1. The van der Waals surface area contributed by atoms with Gasteiger partial charge < -0.3 is 11.1 Å². The largest absolute Gasteiger partial charge is 0.378 e. The van der Waals surface area contributed by atoms with E-state index < -0.39 is 0 Å². The van der Waals surface area contributed by atoms with Gasteiger partial charge in [-0.15, -0.1) is 0 Å². The topological polar surface area (TPSA) is 55.1 Å². The Morgan fingerprint density at radius 2 is 1.67 bits per heavy atom. The summed E-state index contributed by atoms with van der Waals surface area (Å²) >= 11 is 0. The van der Waals surface area contributed by atoms with Crippen molar-refractivity contribution < 1.29 is 4.79 Å². The summed E-state index contributed by atoms with van der Waals surface area (Å²) in [6.07, 6.45) is 0.284. The number of carbonyl (C=O) groups is 1. The van der Waals surface area contributed by atoms with Crippen LogP contribution >= 0.6 is 0 Å². The van der Waals surface area contributed by atoms with Crippen LogP contribution in [0.4, 0.5) is 5.69 Å². The monoisotopic (exact) mass is 282 g/mol. The van der Waals surface area contributed by atoms with Gasteiger partial charge in [0.25, 0.3) is 0 Å². The molecule has 0 saturated heterocycles. The summed E-state index contributed by atoms with van der Waals surface area (Å²) in [5.41, 5.74) is 8.46. The minimum Gasteiger partial charge on any atom is -0.378 e. The highest BCUT2D eigenvalue weighted by Crippen LogP contribution is 2.26. The fourth-order valence-electron chi connectivity index (χ4n) is 2.39. The third-order valence-electron chi connectivity index (χ3n) is 3.48. The molecule has 0 heterocycles. The van der Waals surface area contributed by atoms with Gasteiger partial charge in [0.05, 0.1) is 12.5 Å². The molecular formula is C18H22N2O. The molecule has 0 radical (unpaired) electrons. The Morgan fingerprint density at radius 3 is 2.19 bits per heavy atom. The second-order valence-corrected chi connectivity index (χ2v) is 5.62. The minimum absolute atomic E-state index is 0.258. The van der Waals surface area contributed by atoms with E-state index in [9.17, 15) is 4.79 Å². The average Bonchev–Trinajstić information content (AvgIpc) is 2.46. The van der Waals surface area contributed by atoms with Gasteiger partial charge in [-0.1, -0.05) is 56.3 Å². The Morgan fingerprint density at radius 1 is 1.05 bits per heavy atom. The lowest BCUT2D eigenvalue weighted by atomic mass is 9.95. The van der Waals surface area contributed by atoms with Crippen LogP contribution in [0.25, 0.3) is 0 Å². The first-order valence-electron chi connectivity index (χ1n) is 7.25. The van der Waals surface area contributed by atoms with E-state index in [-0.39, 0.29) is 18.4 Å². The van der Waals surface area contributed by atoms with Gasteiger partial charge in [0, 0.05) is 5.69 Å². The quantitative estimate of drug-likeness (QED) is 0.851. The van der Waals surface area contributed by atoms with Crippen LogP contribution in [-0.4, -0.2) is 5.91 Å². The fraction of sp³-hybridized carbons (Fsp3) is 0.278. The minimum atomic E-state index is -0.306. The molecule has 21 heavy (non-hydrogen) atoms. The van der Waals surface area contributed by atoms with Crippen LogP contribution in [0.1, 0.15) is 31.0 Å². The number of benzene rings is 2. The summed E-state index contributed by atoms with van der Waals surface area (Å²) in [5.74, 6) is 0.165. The zero-order valence-corrected chi connectivity index (χ0v) is 12.5. The molecule has 0 spiro atoms. The SMILES string of the molecule is CC(C)C(Nc1ccc(CC(N)=O)cc1)c1ccccc1. The van der Waals surface area contributed by atoms with Gasteiger partial charge in [-0.05, 0) is 29.2 Å². The van der Waals surface area contributed by atoms with Crippen LogP contribution in [0.15, 0.2) is 54.6 Å². The van der Waals surface area contributed by atoms with E-state index in [1.54, 1.807) is 0 Å². The Balaban J connectivity index is 2.12. The smallest absolute Gasteiger partial charge is 0.221 e. The van der Waals surface area contributed by atoms with Crippen molar-refractivity contribution in [1.29, 1.82) is 0 Å². The first-order valence-corrected chi connectivity index (χ1v) is 7.25. The van der Waals surface area contributed by atoms with Crippen LogP contribution in [0.5, 0.6) is 0 Å². The van der Waals surface area contributed by atoms with Crippen molar-refractivity contribution in [2.45, 2.75) is 26.3 Å². The molecule has 0 aliphatic carbocycles. The summed E-state index contributed by atoms with van der Waals surface area (Å²) < 4.78 is 0. The van der Waals surface area contributed by atoms with Crippen LogP contribution < -0.4 is 11.1 Å². The number of hydrogen-bond acceptors (Lipinski definition) is 2. The fourth-order valence-corrected chi connectivity index (χ4v) is 2.39. The number of nitrogens with one attached hydrogen (secondary N) is 1. The van der Waals surface area contributed by atoms with Crippen LogP contribution in [0.3, 0.4) is 0 Å². The molecule has 1 atom stereocenters. The molecule has 0 aliphatic rings. The Hall–Kier alpha value is -2.29. The molecule has 0 fully saturated rings. The van der Waals surface area contributed by atoms with Crippen molar-refractivity contribution in [2.24, 2.45) is 11.7 Å². The van der Waals surface area contributed by atoms with Crippen LogP contribution in [0, 0.1) is 5.92 Å². The standard InChI is InChI=1S/C18H22N2O/c1-13(2)18(15-6-4-3-5-7-15)20-16-10-8-14(9-11-16)12-17(19)21/h3-11,13,18,20H,12H2,1-2H3,(H2,19,21). The molecule has 2 aromatic carbocycles. The second-order valence-electron chi connectivity index (χ2n) is 5.62. The normalized spacial score (nSPS) is 12.1. The highest BCUT2D eigenvalue weighted by molar-refractivity contribution is 5.76. The van der Waals surface area contributed by atoms with E-state index >= 15 is 0 Å². The van der Waals surface area contributed by atoms with Gasteiger partial charge in [-0.3, -0.25) is 4.79 Å². The number of hydrogen-bond donors (Lipinski definition) is 2. The van der Waals surface area contributed by atoms with Crippen molar-refractivity contribution in [1.82, 2.24) is 0 Å². The van der Waals surface area contributed by atoms with Crippen molar-refractivity contribution in [3.05, 3.63) is 65.7 Å². The van der Waals surface area contributed by atoms with E-state index in [2.05, 4.69) is 43.4 Å². The molecule has 0 saturated carbocycles. The number of carbonyl (C=O) groups excluding carboxylic acids is 1. The van der Waals surface area contributed by atoms with Gasteiger partial charge in [0.15, 0.2) is 0 Å². The maximum atomic E-state index is 10.9. The van der Waals surface area contributed by atoms with E-state index in [4.69, 9.17) is 5.73 Å². The third-order valence-corrected chi connectivity index (χ3v) is 3.48. The van der Waals surface area contributed by atoms with E-state index in [0.717, 1.165) is 11.3 Å². The average molecular weight is 282 g/mol. The lowest BCUT2D eigenvalue weighted by Gasteiger charge is -2.24. The first kappa shape index (κ1) is 15.1. The van der Waals surface area contributed by atoms with E-state index in [1.165, 1.54) is 5.56 Å². The predicted molar refractivity (Wildman–Crippen MR) is 87.0 cm³/mol. The van der Waals surface area contributed by atoms with Crippen molar-refractivity contribution in [3.63, 3.8) is 0 Å².